The van der Waals surface area contributed by atoms with E-state index in [1.807, 2.05) is 31.3 Å². The van der Waals surface area contributed by atoms with Crippen molar-refractivity contribution in [3.63, 3.8) is 0 Å². The molecule has 104 valence electrons. The fraction of sp³-hybridized carbons (Fsp3) is 0.533. The highest BCUT2D eigenvalue weighted by molar-refractivity contribution is 5.77. The molecule has 2 rings (SSSR count). The normalized spacial score (nSPS) is 16.7. The van der Waals surface area contributed by atoms with E-state index in [-0.39, 0.29) is 11.5 Å². The number of carbonyl (C=O) groups excluding carboxylic acids is 1. The zero-order valence-electron chi connectivity index (χ0n) is 11.7. The minimum Gasteiger partial charge on any atom is -0.399 e. The molecular weight excluding hydrogens is 240 g/mol. The fourth-order valence-corrected chi connectivity index (χ4v) is 2.42. The molecule has 19 heavy (non-hydrogen) atoms. The molecular formula is C15H22N2O2. The molecule has 0 spiro atoms. The number of nitrogen functional groups attached to an aromatic ring is 1. The van der Waals surface area contributed by atoms with E-state index >= 15 is 0 Å². The molecule has 1 aliphatic carbocycles. The molecule has 4 heteroatoms. The number of amides is 1. The van der Waals surface area contributed by atoms with Crippen LogP contribution in [-0.2, 0) is 16.1 Å². The summed E-state index contributed by atoms with van der Waals surface area (Å²) in [5.41, 5.74) is 7.27. The van der Waals surface area contributed by atoms with Gasteiger partial charge in [-0.1, -0.05) is 12.1 Å². The standard InChI is InChI=1S/C15H22N2O2/c1-17(11-12-4-6-13(16)7-5-12)14(18)10-15(19-2)8-3-9-15/h4-7H,3,8-11,16H2,1-2H3. The lowest BCUT2D eigenvalue weighted by Gasteiger charge is -2.40. The molecule has 1 aliphatic rings. The molecule has 1 amide bonds. The first-order valence-corrected chi connectivity index (χ1v) is 6.68. The Morgan fingerprint density at radius 2 is 2.00 bits per heavy atom. The zero-order chi connectivity index (χ0) is 13.9. The maximum atomic E-state index is 12.2. The number of carbonyl (C=O) groups is 1. The number of hydrogen-bond donors (Lipinski definition) is 1. The van der Waals surface area contributed by atoms with Gasteiger partial charge in [0.25, 0.3) is 0 Å². The first-order chi connectivity index (χ1) is 9.04. The van der Waals surface area contributed by atoms with Crippen LogP contribution in [0.2, 0.25) is 0 Å². The molecule has 1 saturated carbocycles. The summed E-state index contributed by atoms with van der Waals surface area (Å²) in [4.78, 5) is 14.0. The molecule has 0 atom stereocenters. The Balaban J connectivity index is 1.90. The third-order valence-electron chi connectivity index (χ3n) is 4.00. The maximum absolute atomic E-state index is 12.2. The van der Waals surface area contributed by atoms with E-state index in [1.165, 1.54) is 0 Å². The lowest BCUT2D eigenvalue weighted by molar-refractivity contribution is -0.143. The van der Waals surface area contributed by atoms with E-state index in [4.69, 9.17) is 10.5 Å². The van der Waals surface area contributed by atoms with Crippen LogP contribution in [0.3, 0.4) is 0 Å². The summed E-state index contributed by atoms with van der Waals surface area (Å²) in [7, 11) is 3.53. The molecule has 4 nitrogen and oxygen atoms in total. The van der Waals surface area contributed by atoms with Gasteiger partial charge >= 0.3 is 0 Å². The van der Waals surface area contributed by atoms with Gasteiger partial charge in [-0.3, -0.25) is 4.79 Å². The average Bonchev–Trinajstić information content (AvgIpc) is 2.36. The predicted octanol–water partition coefficient (Wildman–Crippen LogP) is 2.19. The van der Waals surface area contributed by atoms with E-state index in [0.29, 0.717) is 13.0 Å². The Morgan fingerprint density at radius 1 is 1.37 bits per heavy atom. The first-order valence-electron chi connectivity index (χ1n) is 6.68. The van der Waals surface area contributed by atoms with Crippen molar-refractivity contribution in [1.29, 1.82) is 0 Å². The van der Waals surface area contributed by atoms with E-state index in [9.17, 15) is 4.79 Å². The number of ether oxygens (including phenoxy) is 1. The minimum absolute atomic E-state index is 0.137. The van der Waals surface area contributed by atoms with Crippen molar-refractivity contribution in [1.82, 2.24) is 4.90 Å². The van der Waals surface area contributed by atoms with Gasteiger partial charge < -0.3 is 15.4 Å². The molecule has 1 aromatic rings. The van der Waals surface area contributed by atoms with Crippen molar-refractivity contribution in [2.75, 3.05) is 19.9 Å². The van der Waals surface area contributed by atoms with Gasteiger partial charge in [-0.05, 0) is 37.0 Å². The van der Waals surface area contributed by atoms with Crippen LogP contribution in [0.25, 0.3) is 0 Å². The Morgan fingerprint density at radius 3 is 2.47 bits per heavy atom. The van der Waals surface area contributed by atoms with Gasteiger partial charge in [0.05, 0.1) is 12.0 Å². The molecule has 0 heterocycles. The van der Waals surface area contributed by atoms with Crippen LogP contribution in [0, 0.1) is 0 Å². The highest BCUT2D eigenvalue weighted by Gasteiger charge is 2.39. The van der Waals surface area contributed by atoms with Gasteiger partial charge in [0.2, 0.25) is 5.91 Å². The molecule has 1 fully saturated rings. The summed E-state index contributed by atoms with van der Waals surface area (Å²) in [5.74, 6) is 0.137. The molecule has 0 aliphatic heterocycles. The average molecular weight is 262 g/mol. The summed E-state index contributed by atoms with van der Waals surface area (Å²) in [6.07, 6.45) is 3.62. The Labute approximate surface area is 114 Å². The number of anilines is 1. The van der Waals surface area contributed by atoms with Crippen LogP contribution in [-0.4, -0.2) is 30.6 Å². The van der Waals surface area contributed by atoms with Gasteiger partial charge in [-0.15, -0.1) is 0 Å². The van der Waals surface area contributed by atoms with Crippen molar-refractivity contribution in [2.45, 2.75) is 37.8 Å². The minimum atomic E-state index is -0.202. The van der Waals surface area contributed by atoms with Crippen LogP contribution in [0.5, 0.6) is 0 Å². The highest BCUT2D eigenvalue weighted by Crippen LogP contribution is 2.38. The number of benzene rings is 1. The van der Waals surface area contributed by atoms with Gasteiger partial charge in [-0.25, -0.2) is 0 Å². The zero-order valence-corrected chi connectivity index (χ0v) is 11.7. The van der Waals surface area contributed by atoms with Crippen LogP contribution in [0.15, 0.2) is 24.3 Å². The third kappa shape index (κ3) is 3.26. The summed E-state index contributed by atoms with van der Waals surface area (Å²) >= 11 is 0. The number of hydrogen-bond acceptors (Lipinski definition) is 3. The van der Waals surface area contributed by atoms with Crippen molar-refractivity contribution < 1.29 is 9.53 Å². The van der Waals surface area contributed by atoms with E-state index in [2.05, 4.69) is 0 Å². The summed E-state index contributed by atoms with van der Waals surface area (Å²) in [5, 5.41) is 0. The van der Waals surface area contributed by atoms with E-state index in [1.54, 1.807) is 12.0 Å². The summed E-state index contributed by atoms with van der Waals surface area (Å²) in [6.45, 7) is 0.610. The Hall–Kier alpha value is -1.55. The largest absolute Gasteiger partial charge is 0.399 e. The second-order valence-electron chi connectivity index (χ2n) is 5.41. The van der Waals surface area contributed by atoms with Crippen LogP contribution >= 0.6 is 0 Å². The van der Waals surface area contributed by atoms with Crippen LogP contribution in [0.1, 0.15) is 31.2 Å². The molecule has 0 aromatic heterocycles. The number of nitrogens with zero attached hydrogens (tertiary/aromatic N) is 1. The molecule has 0 unspecified atom stereocenters. The topological polar surface area (TPSA) is 55.6 Å². The van der Waals surface area contributed by atoms with Gasteiger partial charge in [0, 0.05) is 26.4 Å². The summed E-state index contributed by atoms with van der Waals surface area (Å²) in [6, 6.07) is 7.62. The van der Waals surface area contributed by atoms with Crippen LogP contribution in [0.4, 0.5) is 5.69 Å². The maximum Gasteiger partial charge on any atom is 0.225 e. The van der Waals surface area contributed by atoms with Crippen molar-refractivity contribution >= 4 is 11.6 Å². The predicted molar refractivity (Wildman–Crippen MR) is 75.5 cm³/mol. The molecule has 0 bridgehead atoms. The van der Waals surface area contributed by atoms with Gasteiger partial charge in [0.15, 0.2) is 0 Å². The SMILES string of the molecule is COC1(CC(=O)N(C)Cc2ccc(N)cc2)CCC1. The smallest absolute Gasteiger partial charge is 0.225 e. The molecule has 0 radical (unpaired) electrons. The van der Waals surface area contributed by atoms with Crippen molar-refractivity contribution in [3.8, 4) is 0 Å². The number of rotatable bonds is 5. The second kappa shape index (κ2) is 5.61. The van der Waals surface area contributed by atoms with Gasteiger partial charge in [-0.2, -0.15) is 0 Å². The van der Waals surface area contributed by atoms with Crippen molar-refractivity contribution in [2.24, 2.45) is 0 Å². The third-order valence-corrected chi connectivity index (χ3v) is 4.00. The second-order valence-corrected chi connectivity index (χ2v) is 5.41. The summed E-state index contributed by atoms with van der Waals surface area (Å²) < 4.78 is 5.50. The molecule has 2 N–H and O–H groups in total. The molecule has 0 saturated heterocycles. The van der Waals surface area contributed by atoms with Gasteiger partial charge in [0.1, 0.15) is 0 Å². The lowest BCUT2D eigenvalue weighted by Crippen LogP contribution is -2.44. The van der Waals surface area contributed by atoms with Crippen molar-refractivity contribution in [3.05, 3.63) is 29.8 Å². The Bertz CT molecular complexity index is 432. The lowest BCUT2D eigenvalue weighted by atomic mass is 9.77. The monoisotopic (exact) mass is 262 g/mol. The van der Waals surface area contributed by atoms with E-state index in [0.717, 1.165) is 30.5 Å². The van der Waals surface area contributed by atoms with Crippen LogP contribution < -0.4 is 5.73 Å². The number of nitrogens with two attached hydrogens (primary N) is 1. The highest BCUT2D eigenvalue weighted by atomic mass is 16.5. The Kier molecular flexibility index (Phi) is 4.10. The number of methoxy groups -OCH3 is 1. The van der Waals surface area contributed by atoms with E-state index < -0.39 is 0 Å². The first kappa shape index (κ1) is 13.9. The quantitative estimate of drug-likeness (QED) is 0.828. The fourth-order valence-electron chi connectivity index (χ4n) is 2.42. The molecule has 1 aromatic carbocycles.